The highest BCUT2D eigenvalue weighted by Crippen LogP contribution is 2.30. The Kier molecular flexibility index (Phi) is 4.34. The highest BCUT2D eigenvalue weighted by atomic mass is 32.2. The van der Waals surface area contributed by atoms with Crippen LogP contribution in [0.5, 0.6) is 0 Å². The Morgan fingerprint density at radius 1 is 0.682 bits per heavy atom. The van der Waals surface area contributed by atoms with Crippen molar-refractivity contribution in [3.63, 3.8) is 0 Å². The van der Waals surface area contributed by atoms with Gasteiger partial charge in [-0.05, 0) is 81.5 Å². The molecule has 0 aliphatic rings. The van der Waals surface area contributed by atoms with Gasteiger partial charge < -0.3 is 0 Å². The summed E-state index contributed by atoms with van der Waals surface area (Å²) in [7, 11) is -3.60. The summed E-state index contributed by atoms with van der Waals surface area (Å²) < 4.78 is 28.4. The summed E-state index contributed by atoms with van der Waals surface area (Å²) in [5.41, 5.74) is 6.54. The van der Waals surface area contributed by atoms with Gasteiger partial charge in [0.2, 0.25) is 0 Å². The van der Waals surface area contributed by atoms with E-state index in [2.05, 4.69) is 4.72 Å². The molecule has 0 atom stereocenters. The Hall–Kier alpha value is -1.81. The van der Waals surface area contributed by atoms with E-state index in [4.69, 9.17) is 0 Å². The molecule has 3 nitrogen and oxygen atoms in total. The molecule has 0 saturated heterocycles. The second-order valence-electron chi connectivity index (χ2n) is 5.93. The molecular weight excluding hydrogens is 294 g/mol. The van der Waals surface area contributed by atoms with Crippen LogP contribution in [0.25, 0.3) is 0 Å². The van der Waals surface area contributed by atoms with E-state index in [0.717, 1.165) is 33.4 Å². The van der Waals surface area contributed by atoms with E-state index in [9.17, 15) is 8.42 Å². The maximum atomic E-state index is 12.8. The van der Waals surface area contributed by atoms with Gasteiger partial charge in [-0.3, -0.25) is 4.72 Å². The molecule has 22 heavy (non-hydrogen) atoms. The van der Waals surface area contributed by atoms with Gasteiger partial charge in [-0.1, -0.05) is 17.7 Å². The first-order valence-corrected chi connectivity index (χ1v) is 8.80. The molecule has 2 aromatic carbocycles. The Labute approximate surface area is 133 Å². The molecule has 0 fully saturated rings. The van der Waals surface area contributed by atoms with Crippen molar-refractivity contribution in [1.82, 2.24) is 0 Å². The Balaban J connectivity index is 2.57. The van der Waals surface area contributed by atoms with Crippen LogP contribution >= 0.6 is 0 Å². The molecule has 0 unspecified atom stereocenters. The largest absolute Gasteiger partial charge is 0.280 e. The average molecular weight is 317 g/mol. The molecular formula is C18H23NO2S. The van der Waals surface area contributed by atoms with Crippen molar-refractivity contribution in [3.05, 3.63) is 57.6 Å². The molecule has 0 aliphatic heterocycles. The quantitative estimate of drug-likeness (QED) is 0.915. The molecule has 0 saturated carbocycles. The van der Waals surface area contributed by atoms with Crippen molar-refractivity contribution in [2.75, 3.05) is 4.72 Å². The van der Waals surface area contributed by atoms with Crippen molar-refractivity contribution in [2.45, 2.75) is 46.4 Å². The van der Waals surface area contributed by atoms with Crippen LogP contribution in [-0.2, 0) is 10.0 Å². The molecule has 2 aromatic rings. The third-order valence-electron chi connectivity index (χ3n) is 4.50. The summed E-state index contributed by atoms with van der Waals surface area (Å²) >= 11 is 0. The van der Waals surface area contributed by atoms with Crippen molar-refractivity contribution < 1.29 is 8.42 Å². The maximum absolute atomic E-state index is 12.8. The molecule has 0 bridgehead atoms. The summed E-state index contributed by atoms with van der Waals surface area (Å²) in [5.74, 6) is 0. The van der Waals surface area contributed by atoms with Gasteiger partial charge in [0.15, 0.2) is 0 Å². The predicted octanol–water partition coefficient (Wildman–Crippen LogP) is 4.34. The van der Waals surface area contributed by atoms with E-state index < -0.39 is 10.0 Å². The van der Waals surface area contributed by atoms with E-state index in [0.29, 0.717) is 10.6 Å². The lowest BCUT2D eigenvalue weighted by atomic mass is 9.95. The van der Waals surface area contributed by atoms with Crippen LogP contribution < -0.4 is 4.72 Å². The maximum Gasteiger partial charge on any atom is 0.262 e. The lowest BCUT2D eigenvalue weighted by Crippen LogP contribution is -2.17. The standard InChI is InChI=1S/C18H23NO2S/c1-11-7-9-17(10-8-11)19-22(20,21)18-15(5)13(3)12(2)14(4)16(18)6/h7-10,19H,1-6H3. The van der Waals surface area contributed by atoms with E-state index in [-0.39, 0.29) is 0 Å². The van der Waals surface area contributed by atoms with Gasteiger partial charge in [0.05, 0.1) is 4.90 Å². The monoisotopic (exact) mass is 317 g/mol. The van der Waals surface area contributed by atoms with Crippen molar-refractivity contribution in [1.29, 1.82) is 0 Å². The number of nitrogens with one attached hydrogen (secondary N) is 1. The van der Waals surface area contributed by atoms with Gasteiger partial charge in [-0.25, -0.2) is 8.42 Å². The fraction of sp³-hybridized carbons (Fsp3) is 0.333. The van der Waals surface area contributed by atoms with Crippen molar-refractivity contribution in [3.8, 4) is 0 Å². The summed E-state index contributed by atoms with van der Waals surface area (Å²) in [6, 6.07) is 7.35. The number of benzene rings is 2. The summed E-state index contributed by atoms with van der Waals surface area (Å²) in [6.45, 7) is 11.7. The fourth-order valence-electron chi connectivity index (χ4n) is 2.70. The van der Waals surface area contributed by atoms with E-state index in [1.807, 2.05) is 53.7 Å². The molecule has 0 spiro atoms. The molecule has 118 valence electrons. The molecule has 0 aromatic heterocycles. The first-order valence-electron chi connectivity index (χ1n) is 7.31. The van der Waals surface area contributed by atoms with Gasteiger partial charge in [0.1, 0.15) is 0 Å². The van der Waals surface area contributed by atoms with Crippen molar-refractivity contribution >= 4 is 15.7 Å². The second kappa shape index (κ2) is 5.76. The zero-order valence-electron chi connectivity index (χ0n) is 14.0. The molecule has 1 N–H and O–H groups in total. The van der Waals surface area contributed by atoms with E-state index in [1.54, 1.807) is 12.1 Å². The van der Waals surface area contributed by atoms with Crippen molar-refractivity contribution in [2.24, 2.45) is 0 Å². The predicted molar refractivity (Wildman–Crippen MR) is 92.1 cm³/mol. The van der Waals surface area contributed by atoms with Crippen LogP contribution in [0.1, 0.15) is 33.4 Å². The summed E-state index contributed by atoms with van der Waals surface area (Å²) in [5, 5.41) is 0. The Bertz CT molecular complexity index is 790. The van der Waals surface area contributed by atoms with Gasteiger partial charge in [-0.15, -0.1) is 0 Å². The zero-order valence-corrected chi connectivity index (χ0v) is 14.9. The number of hydrogen-bond acceptors (Lipinski definition) is 2. The van der Waals surface area contributed by atoms with Crippen LogP contribution in [0.2, 0.25) is 0 Å². The highest BCUT2D eigenvalue weighted by Gasteiger charge is 2.23. The minimum absolute atomic E-state index is 0.397. The van der Waals surface area contributed by atoms with E-state index in [1.165, 1.54) is 0 Å². The average Bonchev–Trinajstić information content (AvgIpc) is 2.45. The minimum atomic E-state index is -3.60. The van der Waals surface area contributed by atoms with Crippen LogP contribution in [0.15, 0.2) is 29.2 Å². The summed E-state index contributed by atoms with van der Waals surface area (Å²) in [4.78, 5) is 0.397. The first-order chi connectivity index (χ1) is 10.1. The Morgan fingerprint density at radius 2 is 1.09 bits per heavy atom. The molecule has 0 radical (unpaired) electrons. The number of sulfonamides is 1. The lowest BCUT2D eigenvalue weighted by Gasteiger charge is -2.19. The minimum Gasteiger partial charge on any atom is -0.280 e. The van der Waals surface area contributed by atoms with Gasteiger partial charge in [0, 0.05) is 5.69 Å². The first kappa shape index (κ1) is 16.6. The van der Waals surface area contributed by atoms with Crippen LogP contribution in [0.4, 0.5) is 5.69 Å². The number of anilines is 1. The highest BCUT2D eigenvalue weighted by molar-refractivity contribution is 7.92. The SMILES string of the molecule is Cc1ccc(NS(=O)(=O)c2c(C)c(C)c(C)c(C)c2C)cc1. The molecule has 2 rings (SSSR count). The lowest BCUT2D eigenvalue weighted by molar-refractivity contribution is 0.599. The third kappa shape index (κ3) is 2.88. The van der Waals surface area contributed by atoms with Crippen LogP contribution in [-0.4, -0.2) is 8.42 Å². The summed E-state index contributed by atoms with van der Waals surface area (Å²) in [6.07, 6.45) is 0. The molecule has 0 aliphatic carbocycles. The van der Waals surface area contributed by atoms with Crippen LogP contribution in [0, 0.1) is 41.5 Å². The van der Waals surface area contributed by atoms with E-state index >= 15 is 0 Å². The normalized spacial score (nSPS) is 11.5. The van der Waals surface area contributed by atoms with Gasteiger partial charge in [-0.2, -0.15) is 0 Å². The molecule has 0 amide bonds. The molecule has 0 heterocycles. The van der Waals surface area contributed by atoms with Gasteiger partial charge >= 0.3 is 0 Å². The van der Waals surface area contributed by atoms with Crippen LogP contribution in [0.3, 0.4) is 0 Å². The fourth-order valence-corrected chi connectivity index (χ4v) is 4.36. The topological polar surface area (TPSA) is 46.2 Å². The zero-order chi connectivity index (χ0) is 16.7. The van der Waals surface area contributed by atoms with Gasteiger partial charge in [0.25, 0.3) is 10.0 Å². The third-order valence-corrected chi connectivity index (χ3v) is 6.16. The second-order valence-corrected chi connectivity index (χ2v) is 7.54. The number of rotatable bonds is 3. The number of aryl methyl sites for hydroxylation is 1. The molecule has 4 heteroatoms. The Morgan fingerprint density at radius 3 is 1.55 bits per heavy atom. The number of hydrogen-bond donors (Lipinski definition) is 1. The smallest absolute Gasteiger partial charge is 0.262 e.